The van der Waals surface area contributed by atoms with Gasteiger partial charge in [0.25, 0.3) is 0 Å². The van der Waals surface area contributed by atoms with Crippen LogP contribution in [-0.4, -0.2) is 47.2 Å². The molecule has 2 atom stereocenters. The molecular formula is C7H17NO3. The highest BCUT2D eigenvalue weighted by Gasteiger charge is 2.06. The Balaban J connectivity index is 3.34. The summed E-state index contributed by atoms with van der Waals surface area (Å²) in [4.78, 5) is 0. The molecule has 0 aromatic carbocycles. The highest BCUT2D eigenvalue weighted by molar-refractivity contribution is 4.65. The SMILES string of the molecule is CCC(CO)NC[C@H](O)CO. The van der Waals surface area contributed by atoms with Crippen molar-refractivity contribution in [1.82, 2.24) is 5.32 Å². The van der Waals surface area contributed by atoms with Gasteiger partial charge in [0.05, 0.1) is 19.3 Å². The Kier molecular flexibility index (Phi) is 6.45. The molecule has 0 aromatic rings. The van der Waals surface area contributed by atoms with Crippen LogP contribution in [0.3, 0.4) is 0 Å². The van der Waals surface area contributed by atoms with Gasteiger partial charge in [0.1, 0.15) is 0 Å². The van der Waals surface area contributed by atoms with Gasteiger partial charge in [-0.2, -0.15) is 0 Å². The summed E-state index contributed by atoms with van der Waals surface area (Å²) in [6, 6.07) is 0.0243. The molecule has 11 heavy (non-hydrogen) atoms. The first-order valence-electron chi connectivity index (χ1n) is 3.87. The fraction of sp³-hybridized carbons (Fsp3) is 1.00. The quantitative estimate of drug-likeness (QED) is 0.393. The number of hydrogen-bond donors (Lipinski definition) is 4. The van der Waals surface area contributed by atoms with Crippen molar-refractivity contribution in [1.29, 1.82) is 0 Å². The Morgan fingerprint density at radius 1 is 1.27 bits per heavy atom. The first-order valence-corrected chi connectivity index (χ1v) is 3.87. The zero-order chi connectivity index (χ0) is 8.69. The second kappa shape index (κ2) is 6.54. The third-order valence-corrected chi connectivity index (χ3v) is 1.57. The molecule has 0 fully saturated rings. The van der Waals surface area contributed by atoms with E-state index in [0.29, 0.717) is 6.54 Å². The standard InChI is InChI=1S/C7H17NO3/c1-2-6(4-9)8-3-7(11)5-10/h6-11H,2-5H2,1H3/t6?,7-/m0/s1. The van der Waals surface area contributed by atoms with Crippen molar-refractivity contribution in [2.24, 2.45) is 0 Å². The first kappa shape index (κ1) is 10.8. The fourth-order valence-electron chi connectivity index (χ4n) is 0.705. The third kappa shape index (κ3) is 5.15. The lowest BCUT2D eigenvalue weighted by Crippen LogP contribution is -2.38. The second-order valence-electron chi connectivity index (χ2n) is 2.53. The third-order valence-electron chi connectivity index (χ3n) is 1.57. The van der Waals surface area contributed by atoms with Crippen molar-refractivity contribution < 1.29 is 15.3 Å². The molecule has 0 bridgehead atoms. The molecule has 0 aromatic heterocycles. The minimum Gasteiger partial charge on any atom is -0.395 e. The number of hydrogen-bond acceptors (Lipinski definition) is 4. The molecule has 4 heteroatoms. The molecule has 0 rings (SSSR count). The fourth-order valence-corrected chi connectivity index (χ4v) is 0.705. The van der Waals surface area contributed by atoms with Crippen molar-refractivity contribution in [3.63, 3.8) is 0 Å². The molecule has 0 aliphatic rings. The van der Waals surface area contributed by atoms with E-state index in [0.717, 1.165) is 6.42 Å². The summed E-state index contributed by atoms with van der Waals surface area (Å²) in [7, 11) is 0. The summed E-state index contributed by atoms with van der Waals surface area (Å²) in [5, 5.41) is 29.0. The van der Waals surface area contributed by atoms with Crippen LogP contribution in [0.15, 0.2) is 0 Å². The molecule has 4 N–H and O–H groups in total. The van der Waals surface area contributed by atoms with E-state index in [-0.39, 0.29) is 19.3 Å². The average molecular weight is 163 g/mol. The van der Waals surface area contributed by atoms with Gasteiger partial charge in [-0.25, -0.2) is 0 Å². The Morgan fingerprint density at radius 3 is 2.27 bits per heavy atom. The Labute approximate surface area is 66.9 Å². The molecule has 0 radical (unpaired) electrons. The van der Waals surface area contributed by atoms with Gasteiger partial charge in [-0.15, -0.1) is 0 Å². The van der Waals surface area contributed by atoms with Crippen LogP contribution >= 0.6 is 0 Å². The van der Waals surface area contributed by atoms with Crippen molar-refractivity contribution in [2.45, 2.75) is 25.5 Å². The van der Waals surface area contributed by atoms with Gasteiger partial charge in [-0.3, -0.25) is 0 Å². The minimum absolute atomic E-state index is 0.0243. The molecule has 1 unspecified atom stereocenters. The maximum Gasteiger partial charge on any atom is 0.0895 e. The molecular weight excluding hydrogens is 146 g/mol. The highest BCUT2D eigenvalue weighted by atomic mass is 16.3. The molecule has 68 valence electrons. The first-order chi connectivity index (χ1) is 5.24. The van der Waals surface area contributed by atoms with Gasteiger partial charge in [-0.05, 0) is 6.42 Å². The molecule has 0 heterocycles. The van der Waals surface area contributed by atoms with Crippen LogP contribution in [0.4, 0.5) is 0 Å². The predicted molar refractivity (Wildman–Crippen MR) is 42.3 cm³/mol. The van der Waals surface area contributed by atoms with Gasteiger partial charge in [0.15, 0.2) is 0 Å². The predicted octanol–water partition coefficient (Wildman–Crippen LogP) is -1.30. The van der Waals surface area contributed by atoms with Crippen LogP contribution < -0.4 is 5.32 Å². The van der Waals surface area contributed by atoms with E-state index < -0.39 is 6.10 Å². The largest absolute Gasteiger partial charge is 0.395 e. The number of aliphatic hydroxyl groups excluding tert-OH is 3. The van der Waals surface area contributed by atoms with E-state index in [1.165, 1.54) is 0 Å². The van der Waals surface area contributed by atoms with Gasteiger partial charge >= 0.3 is 0 Å². The summed E-state index contributed by atoms with van der Waals surface area (Å²) in [6.45, 7) is 2.10. The van der Waals surface area contributed by atoms with Gasteiger partial charge in [0, 0.05) is 12.6 Å². The lowest BCUT2D eigenvalue weighted by Gasteiger charge is -2.15. The van der Waals surface area contributed by atoms with Gasteiger partial charge < -0.3 is 20.6 Å². The van der Waals surface area contributed by atoms with Crippen molar-refractivity contribution >= 4 is 0 Å². The van der Waals surface area contributed by atoms with Crippen molar-refractivity contribution in [2.75, 3.05) is 19.8 Å². The molecule has 0 aliphatic heterocycles. The lowest BCUT2D eigenvalue weighted by atomic mass is 10.2. The molecule has 0 saturated carbocycles. The van der Waals surface area contributed by atoms with Crippen LogP contribution in [0.5, 0.6) is 0 Å². The van der Waals surface area contributed by atoms with Crippen molar-refractivity contribution in [3.8, 4) is 0 Å². The van der Waals surface area contributed by atoms with Crippen LogP contribution in [-0.2, 0) is 0 Å². The zero-order valence-electron chi connectivity index (χ0n) is 6.82. The summed E-state index contributed by atoms with van der Waals surface area (Å²) in [5.41, 5.74) is 0. The number of nitrogens with one attached hydrogen (secondary N) is 1. The van der Waals surface area contributed by atoms with Crippen LogP contribution in [0.2, 0.25) is 0 Å². The van der Waals surface area contributed by atoms with Crippen LogP contribution in [0.25, 0.3) is 0 Å². The molecule has 0 amide bonds. The minimum atomic E-state index is -0.726. The monoisotopic (exact) mass is 163 g/mol. The second-order valence-corrected chi connectivity index (χ2v) is 2.53. The van der Waals surface area contributed by atoms with E-state index >= 15 is 0 Å². The van der Waals surface area contributed by atoms with Gasteiger partial charge in [-0.1, -0.05) is 6.92 Å². The lowest BCUT2D eigenvalue weighted by molar-refractivity contribution is 0.0885. The van der Waals surface area contributed by atoms with Gasteiger partial charge in [0.2, 0.25) is 0 Å². The average Bonchev–Trinajstić information content (AvgIpc) is 2.06. The maximum atomic E-state index is 8.90. The van der Waals surface area contributed by atoms with Crippen LogP contribution in [0, 0.1) is 0 Å². The highest BCUT2D eigenvalue weighted by Crippen LogP contribution is 1.88. The maximum absolute atomic E-state index is 8.90. The number of rotatable bonds is 6. The molecule has 4 nitrogen and oxygen atoms in total. The van der Waals surface area contributed by atoms with E-state index in [1.807, 2.05) is 6.92 Å². The topological polar surface area (TPSA) is 72.7 Å². The summed E-state index contributed by atoms with van der Waals surface area (Å²) in [5.74, 6) is 0. The van der Waals surface area contributed by atoms with Crippen LogP contribution in [0.1, 0.15) is 13.3 Å². The van der Waals surface area contributed by atoms with E-state index in [1.54, 1.807) is 0 Å². The Hall–Kier alpha value is -0.160. The molecule has 0 aliphatic carbocycles. The van der Waals surface area contributed by atoms with E-state index in [9.17, 15) is 0 Å². The molecule has 0 saturated heterocycles. The normalized spacial score (nSPS) is 16.4. The zero-order valence-corrected chi connectivity index (χ0v) is 6.82. The van der Waals surface area contributed by atoms with Crippen molar-refractivity contribution in [3.05, 3.63) is 0 Å². The Morgan fingerprint density at radius 2 is 1.91 bits per heavy atom. The summed E-state index contributed by atoms with van der Waals surface area (Å²) >= 11 is 0. The van der Waals surface area contributed by atoms with E-state index in [4.69, 9.17) is 15.3 Å². The smallest absolute Gasteiger partial charge is 0.0895 e. The van der Waals surface area contributed by atoms with E-state index in [2.05, 4.69) is 5.32 Å². The summed E-state index contributed by atoms with van der Waals surface area (Å²) < 4.78 is 0. The molecule has 0 spiro atoms. The number of aliphatic hydroxyl groups is 3. The Bertz CT molecular complexity index is 85.8. The summed E-state index contributed by atoms with van der Waals surface area (Å²) in [6.07, 6.45) is 0.0878.